The number of benzene rings is 3. The van der Waals surface area contributed by atoms with Gasteiger partial charge in [-0.05, 0) is 61.5 Å². The van der Waals surface area contributed by atoms with Crippen LogP contribution in [0, 0.1) is 10.1 Å². The predicted molar refractivity (Wildman–Crippen MR) is 158 cm³/mol. The summed E-state index contributed by atoms with van der Waals surface area (Å²) in [6.07, 6.45) is 5.48. The highest BCUT2D eigenvalue weighted by molar-refractivity contribution is 7.90. The molecule has 4 aromatic rings. The lowest BCUT2D eigenvalue weighted by molar-refractivity contribution is -0.385. The molecule has 42 heavy (non-hydrogen) atoms. The Morgan fingerprint density at radius 3 is 2.24 bits per heavy atom. The van der Waals surface area contributed by atoms with Gasteiger partial charge in [-0.2, -0.15) is 0 Å². The monoisotopic (exact) mass is 592 g/mol. The standard InChI is InChI=1S/C30H28N2O9S/c1-5-41-30(33)16-13-23-24-18-21(38-2)12-15-26(24)31(42(36,37)22-9-7-6-8-10-22)25(23)14-11-20-17-28(39-3)29(40-4)19-27(20)32(34)35/h6-19H,5H2,1-4H3/b14-11+,16-13+. The van der Waals surface area contributed by atoms with Crippen LogP contribution in [0.15, 0.2) is 71.6 Å². The number of nitro groups is 1. The molecule has 0 atom stereocenters. The van der Waals surface area contributed by atoms with Crippen molar-refractivity contribution in [2.75, 3.05) is 27.9 Å². The van der Waals surface area contributed by atoms with Crippen LogP contribution in [0.1, 0.15) is 23.7 Å². The lowest BCUT2D eigenvalue weighted by atomic mass is 10.1. The molecule has 218 valence electrons. The Labute approximate surface area is 242 Å². The van der Waals surface area contributed by atoms with E-state index in [9.17, 15) is 23.3 Å². The summed E-state index contributed by atoms with van der Waals surface area (Å²) in [6, 6.07) is 15.3. The van der Waals surface area contributed by atoms with Crippen molar-refractivity contribution in [1.82, 2.24) is 3.97 Å². The smallest absolute Gasteiger partial charge is 0.330 e. The molecule has 0 aliphatic rings. The lowest BCUT2D eigenvalue weighted by Crippen LogP contribution is -2.14. The zero-order valence-corrected chi connectivity index (χ0v) is 24.1. The summed E-state index contributed by atoms with van der Waals surface area (Å²) in [7, 11) is 0.0316. The van der Waals surface area contributed by atoms with E-state index in [1.165, 1.54) is 69.9 Å². The number of methoxy groups -OCH3 is 3. The average Bonchev–Trinajstić information content (AvgIpc) is 3.31. The predicted octanol–water partition coefficient (Wildman–Crippen LogP) is 5.56. The van der Waals surface area contributed by atoms with E-state index in [4.69, 9.17) is 18.9 Å². The van der Waals surface area contributed by atoms with Gasteiger partial charge in [0.2, 0.25) is 0 Å². The van der Waals surface area contributed by atoms with Crippen molar-refractivity contribution in [2.24, 2.45) is 0 Å². The van der Waals surface area contributed by atoms with E-state index < -0.39 is 20.9 Å². The van der Waals surface area contributed by atoms with Crippen LogP contribution in [0.4, 0.5) is 5.69 Å². The minimum Gasteiger partial charge on any atom is -0.497 e. The minimum atomic E-state index is -4.20. The lowest BCUT2D eigenvalue weighted by Gasteiger charge is -2.11. The SMILES string of the molecule is CCOC(=O)/C=C/c1c(/C=C/c2cc(OC)c(OC)cc2[N+](=O)[O-])n(S(=O)(=O)c2ccccc2)c2ccc(OC)cc12. The van der Waals surface area contributed by atoms with Crippen molar-refractivity contribution in [3.63, 3.8) is 0 Å². The van der Waals surface area contributed by atoms with E-state index >= 15 is 0 Å². The first-order valence-electron chi connectivity index (χ1n) is 12.6. The number of ether oxygens (including phenoxy) is 4. The van der Waals surface area contributed by atoms with Crippen molar-refractivity contribution < 1.29 is 37.1 Å². The molecule has 0 amide bonds. The molecule has 0 unspecified atom stereocenters. The van der Waals surface area contributed by atoms with Gasteiger partial charge >= 0.3 is 5.97 Å². The maximum Gasteiger partial charge on any atom is 0.330 e. The van der Waals surface area contributed by atoms with E-state index in [0.29, 0.717) is 22.2 Å². The molecule has 0 radical (unpaired) electrons. The normalized spacial score (nSPS) is 11.7. The van der Waals surface area contributed by atoms with Crippen LogP contribution in [0.2, 0.25) is 0 Å². The Hall–Kier alpha value is -5.10. The molecular formula is C30H28N2O9S. The van der Waals surface area contributed by atoms with Gasteiger partial charge in [-0.3, -0.25) is 10.1 Å². The maximum atomic E-state index is 14.1. The highest BCUT2D eigenvalue weighted by Crippen LogP contribution is 2.38. The second-order valence-corrected chi connectivity index (χ2v) is 10.5. The van der Waals surface area contributed by atoms with Gasteiger partial charge in [0.15, 0.2) is 11.5 Å². The second kappa shape index (κ2) is 12.6. The third-order valence-corrected chi connectivity index (χ3v) is 8.05. The maximum absolute atomic E-state index is 14.1. The zero-order valence-electron chi connectivity index (χ0n) is 23.3. The summed E-state index contributed by atoms with van der Waals surface area (Å²) in [5.74, 6) is 0.228. The van der Waals surface area contributed by atoms with Gasteiger partial charge in [0.1, 0.15) is 5.75 Å². The Kier molecular flexibility index (Phi) is 8.96. The summed E-state index contributed by atoms with van der Waals surface area (Å²) >= 11 is 0. The van der Waals surface area contributed by atoms with E-state index in [1.54, 1.807) is 43.3 Å². The molecule has 0 aliphatic carbocycles. The van der Waals surface area contributed by atoms with Crippen LogP contribution in [0.5, 0.6) is 17.2 Å². The Morgan fingerprint density at radius 1 is 0.929 bits per heavy atom. The van der Waals surface area contributed by atoms with Crippen LogP contribution in [0.25, 0.3) is 29.1 Å². The first kappa shape index (κ1) is 29.9. The fourth-order valence-electron chi connectivity index (χ4n) is 4.39. The molecule has 12 heteroatoms. The van der Waals surface area contributed by atoms with Gasteiger partial charge in [-0.1, -0.05) is 18.2 Å². The highest BCUT2D eigenvalue weighted by Gasteiger charge is 2.26. The van der Waals surface area contributed by atoms with Crippen molar-refractivity contribution in [2.45, 2.75) is 11.8 Å². The average molecular weight is 593 g/mol. The Balaban J connectivity index is 2.08. The van der Waals surface area contributed by atoms with Gasteiger partial charge in [-0.25, -0.2) is 17.2 Å². The molecule has 0 bridgehead atoms. The number of nitro benzene ring substituents is 1. The highest BCUT2D eigenvalue weighted by atomic mass is 32.2. The number of fused-ring (bicyclic) bond motifs is 1. The van der Waals surface area contributed by atoms with Crippen LogP contribution in [-0.4, -0.2) is 51.2 Å². The van der Waals surface area contributed by atoms with Crippen molar-refractivity contribution in [3.05, 3.63) is 93.7 Å². The summed E-state index contributed by atoms with van der Waals surface area (Å²) in [6.45, 7) is 1.82. The number of rotatable bonds is 11. The molecule has 4 rings (SSSR count). The van der Waals surface area contributed by atoms with Gasteiger partial charge in [0.25, 0.3) is 15.7 Å². The summed E-state index contributed by atoms with van der Waals surface area (Å²) in [5.41, 5.74) is 0.611. The summed E-state index contributed by atoms with van der Waals surface area (Å²) in [5, 5.41) is 12.4. The Morgan fingerprint density at radius 2 is 1.62 bits per heavy atom. The number of hydrogen-bond donors (Lipinski definition) is 0. The third kappa shape index (κ3) is 5.84. The number of nitrogens with zero attached hydrogens (tertiary/aromatic N) is 2. The zero-order chi connectivity index (χ0) is 30.4. The van der Waals surface area contributed by atoms with Gasteiger partial charge in [0.05, 0.1) is 60.6 Å². The molecule has 0 fully saturated rings. The molecule has 11 nitrogen and oxygen atoms in total. The quantitative estimate of drug-likeness (QED) is 0.0949. The molecule has 0 saturated carbocycles. The van der Waals surface area contributed by atoms with E-state index in [-0.39, 0.29) is 39.9 Å². The van der Waals surface area contributed by atoms with E-state index in [2.05, 4.69) is 0 Å². The largest absolute Gasteiger partial charge is 0.497 e. The minimum absolute atomic E-state index is 0.0189. The Bertz CT molecular complexity index is 1810. The van der Waals surface area contributed by atoms with E-state index in [1.807, 2.05) is 0 Å². The van der Waals surface area contributed by atoms with Crippen LogP contribution >= 0.6 is 0 Å². The third-order valence-electron chi connectivity index (χ3n) is 6.31. The van der Waals surface area contributed by atoms with Gasteiger partial charge in [0, 0.05) is 17.0 Å². The second-order valence-electron chi connectivity index (χ2n) is 8.71. The van der Waals surface area contributed by atoms with Gasteiger partial charge < -0.3 is 18.9 Å². The van der Waals surface area contributed by atoms with Crippen molar-refractivity contribution >= 4 is 50.8 Å². The molecule has 3 aromatic carbocycles. The molecule has 0 aliphatic heterocycles. The van der Waals surface area contributed by atoms with Crippen molar-refractivity contribution in [1.29, 1.82) is 0 Å². The summed E-state index contributed by atoms with van der Waals surface area (Å²) < 4.78 is 50.3. The molecule has 0 N–H and O–H groups in total. The van der Waals surface area contributed by atoms with Crippen molar-refractivity contribution in [3.8, 4) is 17.2 Å². The molecule has 1 heterocycles. The molecule has 1 aromatic heterocycles. The number of carbonyl (C=O) groups excluding carboxylic acids is 1. The fourth-order valence-corrected chi connectivity index (χ4v) is 5.94. The van der Waals surface area contributed by atoms with Crippen LogP contribution in [-0.2, 0) is 19.6 Å². The molecular weight excluding hydrogens is 564 g/mol. The first-order valence-corrected chi connectivity index (χ1v) is 14.1. The van der Waals surface area contributed by atoms with Gasteiger partial charge in [-0.15, -0.1) is 0 Å². The summed E-state index contributed by atoms with van der Waals surface area (Å²) in [4.78, 5) is 23.6. The number of carbonyl (C=O) groups is 1. The van der Waals surface area contributed by atoms with Crippen LogP contribution in [0.3, 0.4) is 0 Å². The van der Waals surface area contributed by atoms with Crippen LogP contribution < -0.4 is 14.2 Å². The topological polar surface area (TPSA) is 136 Å². The first-order chi connectivity index (χ1) is 20.2. The molecule has 0 spiro atoms. The number of aromatic nitrogens is 1. The fraction of sp³-hybridized carbons (Fsp3) is 0.167. The number of esters is 1. The van der Waals surface area contributed by atoms with E-state index in [0.717, 1.165) is 3.97 Å². The number of hydrogen-bond acceptors (Lipinski definition) is 9. The molecule has 0 saturated heterocycles.